The van der Waals surface area contributed by atoms with Crippen molar-refractivity contribution in [2.75, 3.05) is 7.05 Å². The number of benzene rings is 1. The van der Waals surface area contributed by atoms with Crippen LogP contribution in [-0.2, 0) is 6.54 Å². The van der Waals surface area contributed by atoms with Crippen molar-refractivity contribution in [3.05, 3.63) is 69.8 Å². The van der Waals surface area contributed by atoms with E-state index in [4.69, 9.17) is 0 Å². The lowest BCUT2D eigenvalue weighted by Crippen LogP contribution is -2.27. The van der Waals surface area contributed by atoms with Gasteiger partial charge in [-0.25, -0.2) is 4.98 Å². The lowest BCUT2D eigenvalue weighted by atomic mass is 10.1. The molecule has 2 aromatic rings. The van der Waals surface area contributed by atoms with Crippen molar-refractivity contribution < 1.29 is 14.1 Å². The van der Waals surface area contributed by atoms with Gasteiger partial charge >= 0.3 is 0 Å². The topological polar surface area (TPSA) is 76.3 Å². The molecule has 0 saturated heterocycles. The molecule has 0 aliphatic heterocycles. The molecule has 1 heterocycles. The number of hydrogen-bond acceptors (Lipinski definition) is 4. The van der Waals surface area contributed by atoms with Crippen LogP contribution in [0.1, 0.15) is 16.1 Å². The third-order valence-corrected chi connectivity index (χ3v) is 2.88. The molecule has 0 atom stereocenters. The van der Waals surface area contributed by atoms with E-state index >= 15 is 0 Å². The summed E-state index contributed by atoms with van der Waals surface area (Å²) in [5, 5.41) is 10.9. The van der Waals surface area contributed by atoms with E-state index in [9.17, 15) is 19.3 Å². The van der Waals surface area contributed by atoms with Crippen LogP contribution in [0, 0.1) is 16.1 Å². The van der Waals surface area contributed by atoms with Crippen LogP contribution >= 0.6 is 0 Å². The molecule has 1 amide bonds. The highest BCUT2D eigenvalue weighted by atomic mass is 19.1. The number of para-hydroxylation sites is 1. The highest BCUT2D eigenvalue weighted by molar-refractivity contribution is 5.92. The zero-order valence-corrected chi connectivity index (χ0v) is 11.2. The number of rotatable bonds is 4. The fourth-order valence-electron chi connectivity index (χ4n) is 1.87. The Labute approximate surface area is 120 Å². The number of nitro benzene ring substituents is 1. The second kappa shape index (κ2) is 6.08. The van der Waals surface area contributed by atoms with Crippen LogP contribution in [0.2, 0.25) is 0 Å². The van der Waals surface area contributed by atoms with Crippen molar-refractivity contribution in [2.24, 2.45) is 0 Å². The van der Waals surface area contributed by atoms with Crippen molar-refractivity contribution in [1.29, 1.82) is 0 Å². The Morgan fingerprint density at radius 3 is 2.67 bits per heavy atom. The zero-order chi connectivity index (χ0) is 15.4. The van der Waals surface area contributed by atoms with Gasteiger partial charge in [0.2, 0.25) is 5.95 Å². The van der Waals surface area contributed by atoms with Gasteiger partial charge in [-0.1, -0.05) is 24.3 Å². The minimum atomic E-state index is -0.750. The maximum atomic E-state index is 13.0. The Hall–Kier alpha value is -2.83. The van der Waals surface area contributed by atoms with Crippen molar-refractivity contribution in [3.63, 3.8) is 0 Å². The number of aromatic nitrogens is 1. The number of pyridine rings is 1. The quantitative estimate of drug-likeness (QED) is 0.492. The number of amides is 1. The van der Waals surface area contributed by atoms with Gasteiger partial charge in [0.15, 0.2) is 0 Å². The van der Waals surface area contributed by atoms with Gasteiger partial charge in [0.25, 0.3) is 11.6 Å². The lowest BCUT2D eigenvalue weighted by Gasteiger charge is -2.16. The first-order valence-electron chi connectivity index (χ1n) is 6.09. The molecule has 0 radical (unpaired) electrons. The largest absolute Gasteiger partial charge is 0.336 e. The third kappa shape index (κ3) is 3.38. The third-order valence-electron chi connectivity index (χ3n) is 2.88. The first kappa shape index (κ1) is 14.6. The second-order valence-corrected chi connectivity index (χ2v) is 4.39. The molecule has 0 spiro atoms. The molecule has 2 rings (SSSR count). The summed E-state index contributed by atoms with van der Waals surface area (Å²) in [6, 6.07) is 10.1. The van der Waals surface area contributed by atoms with Crippen molar-refractivity contribution >= 4 is 11.6 Å². The molecule has 1 aromatic carbocycles. The molecule has 0 fully saturated rings. The van der Waals surface area contributed by atoms with Gasteiger partial charge in [-0.15, -0.1) is 0 Å². The van der Waals surface area contributed by atoms with Crippen LogP contribution in [0.4, 0.5) is 10.1 Å². The number of carbonyl (C=O) groups is 1. The Kier molecular flexibility index (Phi) is 4.22. The molecule has 7 heteroatoms. The summed E-state index contributed by atoms with van der Waals surface area (Å²) in [6.07, 6.45) is 0. The van der Waals surface area contributed by atoms with Crippen molar-refractivity contribution in [2.45, 2.75) is 6.54 Å². The van der Waals surface area contributed by atoms with Gasteiger partial charge in [0.05, 0.1) is 11.5 Å². The molecule has 6 nitrogen and oxygen atoms in total. The lowest BCUT2D eigenvalue weighted by molar-refractivity contribution is -0.385. The first-order chi connectivity index (χ1) is 9.99. The number of carbonyl (C=O) groups excluding carboxylic acids is 1. The first-order valence-corrected chi connectivity index (χ1v) is 6.09. The monoisotopic (exact) mass is 289 g/mol. The maximum absolute atomic E-state index is 13.0. The fourth-order valence-corrected chi connectivity index (χ4v) is 1.87. The molecule has 0 aliphatic carbocycles. The summed E-state index contributed by atoms with van der Waals surface area (Å²) in [5.74, 6) is -1.26. The van der Waals surface area contributed by atoms with Crippen LogP contribution in [0.3, 0.4) is 0 Å². The summed E-state index contributed by atoms with van der Waals surface area (Å²) < 4.78 is 13.0. The van der Waals surface area contributed by atoms with Crippen molar-refractivity contribution in [3.8, 4) is 0 Å². The molecule has 0 aliphatic rings. The Morgan fingerprint density at radius 1 is 1.29 bits per heavy atom. The predicted octanol–water partition coefficient (Wildman–Crippen LogP) is 2.40. The Bertz CT molecular complexity index is 691. The fraction of sp³-hybridized carbons (Fsp3) is 0.143. The number of nitrogens with zero attached hydrogens (tertiary/aromatic N) is 3. The SMILES string of the molecule is CN(Cc1ccccc1[N+](=O)[O-])C(=O)c1cccc(F)n1. The van der Waals surface area contributed by atoms with Gasteiger partial charge in [-0.05, 0) is 12.1 Å². The second-order valence-electron chi connectivity index (χ2n) is 4.39. The number of nitro groups is 1. The van der Waals surface area contributed by atoms with E-state index in [2.05, 4.69) is 4.98 Å². The Balaban J connectivity index is 2.20. The van der Waals surface area contributed by atoms with E-state index in [1.54, 1.807) is 18.2 Å². The highest BCUT2D eigenvalue weighted by Crippen LogP contribution is 2.19. The van der Waals surface area contributed by atoms with Gasteiger partial charge in [0, 0.05) is 18.7 Å². The van der Waals surface area contributed by atoms with Crippen molar-refractivity contribution in [1.82, 2.24) is 9.88 Å². The minimum Gasteiger partial charge on any atom is -0.336 e. The van der Waals surface area contributed by atoms with E-state index in [0.29, 0.717) is 5.56 Å². The molecule has 0 bridgehead atoms. The van der Waals surface area contributed by atoms with E-state index < -0.39 is 16.8 Å². The summed E-state index contributed by atoms with van der Waals surface area (Å²) in [5.41, 5.74) is 0.287. The van der Waals surface area contributed by atoms with Crippen LogP contribution < -0.4 is 0 Å². The number of halogens is 1. The Morgan fingerprint density at radius 2 is 2.00 bits per heavy atom. The van der Waals surface area contributed by atoms with Gasteiger partial charge < -0.3 is 4.90 Å². The van der Waals surface area contributed by atoms with E-state index in [1.165, 1.54) is 30.1 Å². The van der Waals surface area contributed by atoms with E-state index in [1.807, 2.05) is 0 Å². The number of hydrogen-bond donors (Lipinski definition) is 0. The van der Waals surface area contributed by atoms with E-state index in [-0.39, 0.29) is 17.9 Å². The van der Waals surface area contributed by atoms with Crippen LogP contribution in [0.15, 0.2) is 42.5 Å². The summed E-state index contributed by atoms with van der Waals surface area (Å²) in [4.78, 5) is 27.3. The minimum absolute atomic E-state index is 0.0359. The van der Waals surface area contributed by atoms with Crippen LogP contribution in [-0.4, -0.2) is 27.8 Å². The molecule has 0 N–H and O–H groups in total. The molecular weight excluding hydrogens is 277 g/mol. The normalized spacial score (nSPS) is 10.2. The highest BCUT2D eigenvalue weighted by Gasteiger charge is 2.18. The molecule has 1 aromatic heterocycles. The maximum Gasteiger partial charge on any atom is 0.274 e. The summed E-state index contributed by atoms with van der Waals surface area (Å²) in [6.45, 7) is 0.0359. The van der Waals surface area contributed by atoms with E-state index in [0.717, 1.165) is 6.07 Å². The smallest absolute Gasteiger partial charge is 0.274 e. The molecule has 108 valence electrons. The standard InChI is InChI=1S/C14H12FN3O3/c1-17(14(19)11-6-4-8-13(15)16-11)9-10-5-2-3-7-12(10)18(20)21/h2-8H,9H2,1H3. The predicted molar refractivity (Wildman–Crippen MR) is 73.1 cm³/mol. The molecule has 21 heavy (non-hydrogen) atoms. The molecular formula is C14H12FN3O3. The van der Waals surface area contributed by atoms with Crippen LogP contribution in [0.5, 0.6) is 0 Å². The average molecular weight is 289 g/mol. The van der Waals surface area contributed by atoms with Gasteiger partial charge in [-0.3, -0.25) is 14.9 Å². The molecule has 0 unspecified atom stereocenters. The van der Waals surface area contributed by atoms with Gasteiger partial charge in [0.1, 0.15) is 5.69 Å². The molecule has 0 saturated carbocycles. The summed E-state index contributed by atoms with van der Waals surface area (Å²) >= 11 is 0. The zero-order valence-electron chi connectivity index (χ0n) is 11.2. The van der Waals surface area contributed by atoms with Crippen LogP contribution in [0.25, 0.3) is 0 Å². The van der Waals surface area contributed by atoms with Gasteiger partial charge in [-0.2, -0.15) is 4.39 Å². The summed E-state index contributed by atoms with van der Waals surface area (Å²) in [7, 11) is 1.48. The average Bonchev–Trinajstić information content (AvgIpc) is 2.46.